The quantitative estimate of drug-likeness (QED) is 0.634. The van der Waals surface area contributed by atoms with Gasteiger partial charge in [0.1, 0.15) is 7.05 Å². The largest absolute Gasteiger partial charge is 0.243 e. The maximum absolute atomic E-state index is 12.6. The van der Waals surface area contributed by atoms with Crippen LogP contribution in [0.15, 0.2) is 29.2 Å². The molecule has 4 nitrogen and oxygen atoms in total. The van der Waals surface area contributed by atoms with Crippen LogP contribution >= 0.6 is 0 Å². The van der Waals surface area contributed by atoms with E-state index in [9.17, 15) is 8.42 Å². The second kappa shape index (κ2) is 6.50. The maximum atomic E-state index is 12.6. The Kier molecular flexibility index (Phi) is 5.07. The molecule has 0 atom stereocenters. The number of rotatable bonds is 3. The molecule has 122 valence electrons. The van der Waals surface area contributed by atoms with Crippen LogP contribution in [0, 0.1) is 0 Å². The molecular formula is C17H27N2O2S+. The van der Waals surface area contributed by atoms with Crippen LogP contribution in [-0.2, 0) is 10.0 Å². The van der Waals surface area contributed by atoms with E-state index < -0.39 is 10.0 Å². The van der Waals surface area contributed by atoms with Crippen molar-refractivity contribution < 1.29 is 13.0 Å². The molecule has 1 saturated heterocycles. The van der Waals surface area contributed by atoms with Crippen molar-refractivity contribution >= 4 is 16.2 Å². The Bertz CT molecular complexity index is 634. The van der Waals surface area contributed by atoms with Gasteiger partial charge in [-0.05, 0) is 57.9 Å². The van der Waals surface area contributed by atoms with Crippen molar-refractivity contribution in [2.24, 2.45) is 0 Å². The molecule has 0 spiro atoms. The van der Waals surface area contributed by atoms with E-state index in [0.717, 1.165) is 24.8 Å². The molecule has 1 aliphatic heterocycles. The minimum Gasteiger partial charge on any atom is -0.234 e. The second-order valence-corrected chi connectivity index (χ2v) is 8.88. The fourth-order valence-electron chi connectivity index (χ4n) is 2.40. The Morgan fingerprint density at radius 3 is 2.09 bits per heavy atom. The number of benzene rings is 1. The predicted molar refractivity (Wildman–Crippen MR) is 90.2 cm³/mol. The van der Waals surface area contributed by atoms with Crippen molar-refractivity contribution in [2.75, 3.05) is 20.1 Å². The molecule has 0 aliphatic carbocycles. The summed E-state index contributed by atoms with van der Waals surface area (Å²) in [5, 5.41) is 0. The highest BCUT2D eigenvalue weighted by Gasteiger charge is 2.26. The molecule has 1 aliphatic rings. The third kappa shape index (κ3) is 3.96. The lowest BCUT2D eigenvalue weighted by atomic mass is 10.1. The van der Waals surface area contributed by atoms with Crippen LogP contribution in [0.5, 0.6) is 0 Å². The molecular weight excluding hydrogens is 296 g/mol. The van der Waals surface area contributed by atoms with Crippen molar-refractivity contribution in [3.05, 3.63) is 29.8 Å². The van der Waals surface area contributed by atoms with E-state index in [2.05, 4.69) is 25.3 Å². The SMILES string of the molecule is C/[N+](=C/c1ccc(S(=O)(=O)N2CCCCC2)cc1)C(C)(C)C. The van der Waals surface area contributed by atoms with Crippen molar-refractivity contribution in [2.45, 2.75) is 50.5 Å². The third-order valence-electron chi connectivity index (χ3n) is 4.23. The molecule has 0 radical (unpaired) electrons. The van der Waals surface area contributed by atoms with Crippen molar-refractivity contribution in [1.82, 2.24) is 4.31 Å². The Morgan fingerprint density at radius 1 is 1.05 bits per heavy atom. The molecule has 0 aromatic heterocycles. The molecule has 1 fully saturated rings. The molecule has 22 heavy (non-hydrogen) atoms. The first-order valence-electron chi connectivity index (χ1n) is 7.89. The summed E-state index contributed by atoms with van der Waals surface area (Å²) < 4.78 is 28.9. The second-order valence-electron chi connectivity index (χ2n) is 6.94. The molecule has 1 aromatic carbocycles. The first kappa shape index (κ1) is 17.2. The standard InChI is InChI=1S/C17H27N2O2S/c1-17(2,3)18(4)14-15-8-10-16(11-9-15)22(20,21)19-12-6-5-7-13-19/h8-11,14H,5-7,12-13H2,1-4H3/q+1/b18-14-. The monoisotopic (exact) mass is 323 g/mol. The van der Waals surface area contributed by atoms with Gasteiger partial charge in [-0.2, -0.15) is 4.31 Å². The van der Waals surface area contributed by atoms with Gasteiger partial charge in [-0.1, -0.05) is 6.42 Å². The Morgan fingerprint density at radius 2 is 1.59 bits per heavy atom. The molecule has 1 heterocycles. The molecule has 0 bridgehead atoms. The highest BCUT2D eigenvalue weighted by molar-refractivity contribution is 7.89. The van der Waals surface area contributed by atoms with E-state index in [-0.39, 0.29) is 5.54 Å². The van der Waals surface area contributed by atoms with Crippen LogP contribution in [0.1, 0.15) is 45.6 Å². The van der Waals surface area contributed by atoms with E-state index in [4.69, 9.17) is 0 Å². The van der Waals surface area contributed by atoms with Gasteiger partial charge >= 0.3 is 0 Å². The molecule has 0 saturated carbocycles. The Labute approximate surface area is 134 Å². The van der Waals surface area contributed by atoms with Gasteiger partial charge in [0.15, 0.2) is 11.8 Å². The van der Waals surface area contributed by atoms with E-state index in [1.807, 2.05) is 25.4 Å². The Balaban J connectivity index is 2.21. The van der Waals surface area contributed by atoms with Crippen molar-refractivity contribution in [1.29, 1.82) is 0 Å². The zero-order valence-corrected chi connectivity index (χ0v) is 14.9. The topological polar surface area (TPSA) is 40.4 Å². The fourth-order valence-corrected chi connectivity index (χ4v) is 3.91. The normalized spacial score (nSPS) is 18.5. The van der Waals surface area contributed by atoms with Gasteiger partial charge in [0.05, 0.1) is 4.90 Å². The predicted octanol–water partition coefficient (Wildman–Crippen LogP) is 2.72. The number of sulfonamides is 1. The lowest BCUT2D eigenvalue weighted by Crippen LogP contribution is -2.35. The molecule has 0 unspecified atom stereocenters. The molecule has 1 aromatic rings. The third-order valence-corrected chi connectivity index (χ3v) is 6.15. The number of hydrogen-bond donors (Lipinski definition) is 0. The zero-order valence-electron chi connectivity index (χ0n) is 14.0. The highest BCUT2D eigenvalue weighted by atomic mass is 32.2. The van der Waals surface area contributed by atoms with E-state index in [1.165, 1.54) is 0 Å². The first-order chi connectivity index (χ1) is 10.2. The van der Waals surface area contributed by atoms with E-state index in [1.54, 1.807) is 16.4 Å². The van der Waals surface area contributed by atoms with Crippen LogP contribution in [0.3, 0.4) is 0 Å². The van der Waals surface area contributed by atoms with Gasteiger partial charge in [0.2, 0.25) is 10.0 Å². The minimum absolute atomic E-state index is 0.0402. The van der Waals surface area contributed by atoms with Gasteiger partial charge < -0.3 is 0 Å². The van der Waals surface area contributed by atoms with Gasteiger partial charge in [-0.3, -0.25) is 0 Å². The summed E-state index contributed by atoms with van der Waals surface area (Å²) in [7, 11) is -1.30. The summed E-state index contributed by atoms with van der Waals surface area (Å²) >= 11 is 0. The highest BCUT2D eigenvalue weighted by Crippen LogP contribution is 2.20. The van der Waals surface area contributed by atoms with Crippen LogP contribution < -0.4 is 0 Å². The zero-order chi connectivity index (χ0) is 16.4. The number of hydrogen-bond acceptors (Lipinski definition) is 2. The fraction of sp³-hybridized carbons (Fsp3) is 0.588. The number of piperidine rings is 1. The lowest BCUT2D eigenvalue weighted by Gasteiger charge is -2.25. The van der Waals surface area contributed by atoms with Gasteiger partial charge in [-0.15, -0.1) is 0 Å². The molecule has 5 heteroatoms. The average molecular weight is 323 g/mol. The average Bonchev–Trinajstić information content (AvgIpc) is 2.48. The molecule has 2 rings (SSSR count). The van der Waals surface area contributed by atoms with Crippen LogP contribution in [-0.4, -0.2) is 49.2 Å². The van der Waals surface area contributed by atoms with Crippen LogP contribution in [0.25, 0.3) is 0 Å². The minimum atomic E-state index is -3.33. The van der Waals surface area contributed by atoms with Crippen LogP contribution in [0.2, 0.25) is 0 Å². The molecule has 0 amide bonds. The lowest BCUT2D eigenvalue weighted by molar-refractivity contribution is -0.565. The van der Waals surface area contributed by atoms with Gasteiger partial charge in [0.25, 0.3) is 0 Å². The smallest absolute Gasteiger partial charge is 0.234 e. The maximum Gasteiger partial charge on any atom is 0.243 e. The van der Waals surface area contributed by atoms with Crippen molar-refractivity contribution in [3.8, 4) is 0 Å². The summed E-state index contributed by atoms with van der Waals surface area (Å²) in [5.41, 5.74) is 1.05. The summed E-state index contributed by atoms with van der Waals surface area (Å²) in [4.78, 5) is 0.393. The first-order valence-corrected chi connectivity index (χ1v) is 9.33. The van der Waals surface area contributed by atoms with Gasteiger partial charge in [0, 0.05) is 18.7 Å². The van der Waals surface area contributed by atoms with Crippen molar-refractivity contribution in [3.63, 3.8) is 0 Å². The summed E-state index contributed by atoms with van der Waals surface area (Å²) in [6.45, 7) is 7.70. The summed E-state index contributed by atoms with van der Waals surface area (Å²) in [5.74, 6) is 0. The number of nitrogens with zero attached hydrogens (tertiary/aromatic N) is 2. The Hall–Kier alpha value is -1.20. The van der Waals surface area contributed by atoms with Gasteiger partial charge in [-0.25, -0.2) is 13.0 Å². The van der Waals surface area contributed by atoms with E-state index in [0.29, 0.717) is 18.0 Å². The van der Waals surface area contributed by atoms with Crippen LogP contribution in [0.4, 0.5) is 0 Å². The van der Waals surface area contributed by atoms with E-state index >= 15 is 0 Å². The summed E-state index contributed by atoms with van der Waals surface area (Å²) in [6.07, 6.45) is 5.08. The summed E-state index contributed by atoms with van der Waals surface area (Å²) in [6, 6.07) is 7.18. The molecule has 0 N–H and O–H groups in total.